The van der Waals surface area contributed by atoms with Crippen LogP contribution in [0.15, 0.2) is 48.5 Å². The molecule has 0 bridgehead atoms. The predicted octanol–water partition coefficient (Wildman–Crippen LogP) is 3.62. The Morgan fingerprint density at radius 1 is 1.15 bits per heavy atom. The lowest BCUT2D eigenvalue weighted by Crippen LogP contribution is -2.35. The van der Waals surface area contributed by atoms with Crippen molar-refractivity contribution < 1.29 is 12.8 Å². The van der Waals surface area contributed by atoms with Gasteiger partial charge in [-0.15, -0.1) is 12.4 Å². The second-order valence-corrected chi connectivity index (χ2v) is 9.40. The third-order valence-corrected chi connectivity index (χ3v) is 7.33. The Hall–Kier alpha value is -1.18. The minimum atomic E-state index is -3.56. The van der Waals surface area contributed by atoms with Gasteiger partial charge in [-0.25, -0.2) is 12.8 Å². The summed E-state index contributed by atoms with van der Waals surface area (Å²) >= 11 is 5.99. The van der Waals surface area contributed by atoms with Gasteiger partial charge in [-0.2, -0.15) is 4.31 Å². The van der Waals surface area contributed by atoms with Crippen molar-refractivity contribution in [1.29, 1.82) is 0 Å². The van der Waals surface area contributed by atoms with Crippen molar-refractivity contribution in [3.63, 3.8) is 0 Å². The maximum absolute atomic E-state index is 13.8. The molecule has 2 saturated heterocycles. The monoisotopic (exact) mass is 430 g/mol. The molecule has 0 radical (unpaired) electrons. The number of fused-ring (bicyclic) bond motifs is 1. The third-order valence-electron chi connectivity index (χ3n) is 5.31. The zero-order valence-electron chi connectivity index (χ0n) is 14.5. The highest BCUT2D eigenvalue weighted by Crippen LogP contribution is 2.44. The fourth-order valence-electron chi connectivity index (χ4n) is 4.19. The van der Waals surface area contributed by atoms with Crippen LogP contribution in [-0.4, -0.2) is 32.4 Å². The number of hydrogen-bond acceptors (Lipinski definition) is 3. The number of nitrogens with one attached hydrogen (secondary N) is 1. The zero-order chi connectivity index (χ0) is 18.3. The van der Waals surface area contributed by atoms with Crippen LogP contribution in [0.3, 0.4) is 0 Å². The first-order valence-corrected chi connectivity index (χ1v) is 10.6. The summed E-state index contributed by atoms with van der Waals surface area (Å²) < 4.78 is 41.7. The molecule has 2 aliphatic rings. The third kappa shape index (κ3) is 4.15. The molecule has 3 atom stereocenters. The second kappa shape index (κ2) is 8.05. The number of nitrogens with zero attached hydrogens (tertiary/aromatic N) is 1. The van der Waals surface area contributed by atoms with Gasteiger partial charge in [0.05, 0.1) is 11.8 Å². The standard InChI is InChI=1S/C19H20ClFN2O2S.ClH/c20-16-5-1-3-13(7-16)12-26(24,25)23-11-15-9-22-10-18(15)19(23)14-4-2-6-17(21)8-14;/h1-8,15,18-19,22H,9-12H2;1H/t15-,18-,19+;/m0./s1. The summed E-state index contributed by atoms with van der Waals surface area (Å²) in [6.45, 7) is 2.00. The first-order chi connectivity index (χ1) is 12.4. The highest BCUT2D eigenvalue weighted by molar-refractivity contribution is 7.88. The molecule has 0 amide bonds. The normalized spacial score (nSPS) is 25.2. The van der Waals surface area contributed by atoms with Crippen molar-refractivity contribution in [2.45, 2.75) is 11.8 Å². The van der Waals surface area contributed by atoms with Gasteiger partial charge in [0.2, 0.25) is 10.0 Å². The summed E-state index contributed by atoms with van der Waals surface area (Å²) in [5.41, 5.74) is 1.38. The number of sulfonamides is 1. The molecule has 0 spiro atoms. The molecular weight excluding hydrogens is 410 g/mol. The number of benzene rings is 2. The van der Waals surface area contributed by atoms with Gasteiger partial charge in [-0.1, -0.05) is 35.9 Å². The van der Waals surface area contributed by atoms with E-state index in [-0.39, 0.29) is 41.9 Å². The van der Waals surface area contributed by atoms with Crippen LogP contribution in [0, 0.1) is 17.7 Å². The van der Waals surface area contributed by atoms with Crippen LogP contribution in [0.2, 0.25) is 5.02 Å². The summed E-state index contributed by atoms with van der Waals surface area (Å²) in [6.07, 6.45) is 0. The number of halogens is 3. The van der Waals surface area contributed by atoms with Crippen LogP contribution >= 0.6 is 24.0 Å². The van der Waals surface area contributed by atoms with Crippen molar-refractivity contribution in [2.24, 2.45) is 11.8 Å². The summed E-state index contributed by atoms with van der Waals surface area (Å²) in [5, 5.41) is 3.85. The van der Waals surface area contributed by atoms with Gasteiger partial charge in [0.15, 0.2) is 0 Å². The molecule has 0 saturated carbocycles. The summed E-state index contributed by atoms with van der Waals surface area (Å²) in [5.74, 6) is -0.0425. The highest BCUT2D eigenvalue weighted by atomic mass is 35.5. The van der Waals surface area contributed by atoms with E-state index < -0.39 is 10.0 Å². The van der Waals surface area contributed by atoms with E-state index in [1.165, 1.54) is 12.1 Å². The van der Waals surface area contributed by atoms with E-state index in [0.717, 1.165) is 18.7 Å². The maximum Gasteiger partial charge on any atom is 0.218 e. The molecular formula is C19H21Cl2FN2O2S. The molecule has 2 aromatic rings. The van der Waals surface area contributed by atoms with Crippen molar-refractivity contribution in [1.82, 2.24) is 9.62 Å². The van der Waals surface area contributed by atoms with E-state index >= 15 is 0 Å². The lowest BCUT2D eigenvalue weighted by Gasteiger charge is -2.28. The van der Waals surface area contributed by atoms with E-state index in [4.69, 9.17) is 11.6 Å². The molecule has 0 aromatic heterocycles. The van der Waals surface area contributed by atoms with Gasteiger partial charge in [0.1, 0.15) is 5.82 Å². The number of hydrogen-bond donors (Lipinski definition) is 1. The molecule has 2 aromatic carbocycles. The number of rotatable bonds is 4. The van der Waals surface area contributed by atoms with Gasteiger partial charge < -0.3 is 5.32 Å². The Morgan fingerprint density at radius 2 is 1.93 bits per heavy atom. The van der Waals surface area contributed by atoms with Crippen LogP contribution in [0.4, 0.5) is 4.39 Å². The molecule has 2 aliphatic heterocycles. The van der Waals surface area contributed by atoms with Crippen LogP contribution < -0.4 is 5.32 Å². The first kappa shape index (κ1) is 20.6. The van der Waals surface area contributed by atoms with E-state index in [0.29, 0.717) is 17.1 Å². The lowest BCUT2D eigenvalue weighted by atomic mass is 9.90. The van der Waals surface area contributed by atoms with Gasteiger partial charge in [0.25, 0.3) is 0 Å². The summed E-state index contributed by atoms with van der Waals surface area (Å²) in [6, 6.07) is 12.9. The van der Waals surface area contributed by atoms with Crippen molar-refractivity contribution in [3.8, 4) is 0 Å². The Balaban J connectivity index is 0.00000210. The average Bonchev–Trinajstić information content (AvgIpc) is 3.15. The van der Waals surface area contributed by atoms with Gasteiger partial charge in [-0.3, -0.25) is 0 Å². The SMILES string of the molecule is Cl.O=S(=O)(Cc1cccc(Cl)c1)N1C[C@@H]2CNC[C@@H]2[C@H]1c1cccc(F)c1. The molecule has 0 unspecified atom stereocenters. The average molecular weight is 431 g/mol. The van der Waals surface area contributed by atoms with Crippen LogP contribution in [0.5, 0.6) is 0 Å². The fraction of sp³-hybridized carbons (Fsp3) is 0.368. The Morgan fingerprint density at radius 3 is 2.67 bits per heavy atom. The Kier molecular flexibility index (Phi) is 6.13. The van der Waals surface area contributed by atoms with Crippen LogP contribution in [0.1, 0.15) is 17.2 Å². The molecule has 27 heavy (non-hydrogen) atoms. The first-order valence-electron chi connectivity index (χ1n) is 8.64. The zero-order valence-corrected chi connectivity index (χ0v) is 16.9. The molecule has 146 valence electrons. The Labute approximate surface area is 170 Å². The molecule has 1 N–H and O–H groups in total. The molecule has 4 rings (SSSR count). The summed E-state index contributed by atoms with van der Waals surface area (Å²) in [7, 11) is -3.56. The highest BCUT2D eigenvalue weighted by Gasteiger charge is 2.49. The molecule has 8 heteroatoms. The van der Waals surface area contributed by atoms with Crippen LogP contribution in [-0.2, 0) is 15.8 Å². The second-order valence-electron chi connectivity index (χ2n) is 7.04. The smallest absolute Gasteiger partial charge is 0.218 e. The molecule has 4 nitrogen and oxygen atoms in total. The topological polar surface area (TPSA) is 49.4 Å². The van der Waals surface area contributed by atoms with Gasteiger partial charge in [0, 0.05) is 18.1 Å². The molecule has 2 heterocycles. The lowest BCUT2D eigenvalue weighted by molar-refractivity contribution is 0.344. The van der Waals surface area contributed by atoms with Gasteiger partial charge in [-0.05, 0) is 53.8 Å². The largest absolute Gasteiger partial charge is 0.316 e. The molecule has 0 aliphatic carbocycles. The van der Waals surface area contributed by atoms with Crippen molar-refractivity contribution >= 4 is 34.0 Å². The predicted molar refractivity (Wildman–Crippen MR) is 107 cm³/mol. The van der Waals surface area contributed by atoms with Crippen LogP contribution in [0.25, 0.3) is 0 Å². The quantitative estimate of drug-likeness (QED) is 0.805. The van der Waals surface area contributed by atoms with Crippen molar-refractivity contribution in [2.75, 3.05) is 19.6 Å². The van der Waals surface area contributed by atoms with E-state index in [1.54, 1.807) is 34.6 Å². The van der Waals surface area contributed by atoms with Gasteiger partial charge >= 0.3 is 0 Å². The fourth-order valence-corrected chi connectivity index (χ4v) is 6.21. The van der Waals surface area contributed by atoms with Crippen molar-refractivity contribution in [3.05, 3.63) is 70.5 Å². The summed E-state index contributed by atoms with van der Waals surface area (Å²) in [4.78, 5) is 0. The Bertz CT molecular complexity index is 925. The van der Waals surface area contributed by atoms with E-state index in [2.05, 4.69) is 5.32 Å². The molecule has 2 fully saturated rings. The van der Waals surface area contributed by atoms with E-state index in [1.807, 2.05) is 6.07 Å². The minimum absolute atomic E-state index is 0. The maximum atomic E-state index is 13.8. The van der Waals surface area contributed by atoms with E-state index in [9.17, 15) is 12.8 Å². The minimum Gasteiger partial charge on any atom is -0.316 e.